The molecule has 2 heterocycles. The Labute approximate surface area is 179 Å². The van der Waals surface area contributed by atoms with Crippen molar-refractivity contribution in [3.63, 3.8) is 0 Å². The fourth-order valence-electron chi connectivity index (χ4n) is 3.61. The summed E-state index contributed by atoms with van der Waals surface area (Å²) in [4.78, 5) is 14.8. The number of amides is 1. The molecule has 0 saturated carbocycles. The molecular formula is C23H22ClFN4O. The van der Waals surface area contributed by atoms with Crippen LogP contribution in [0, 0.1) is 5.82 Å². The topological polar surface area (TPSA) is 58.1 Å². The van der Waals surface area contributed by atoms with Crippen LogP contribution >= 0.6 is 11.6 Å². The Hall–Kier alpha value is -2.99. The first kappa shape index (κ1) is 20.3. The Morgan fingerprint density at radius 1 is 0.967 bits per heavy atom. The molecule has 1 aliphatic rings. The van der Waals surface area contributed by atoms with E-state index in [9.17, 15) is 9.18 Å². The highest BCUT2D eigenvalue weighted by Gasteiger charge is 2.16. The Kier molecular flexibility index (Phi) is 6.23. The molecule has 5 nitrogen and oxygen atoms in total. The molecule has 1 aliphatic heterocycles. The summed E-state index contributed by atoms with van der Waals surface area (Å²) in [6.07, 6.45) is 4.88. The lowest BCUT2D eigenvalue weighted by atomic mass is 10.1. The molecule has 0 bridgehead atoms. The van der Waals surface area contributed by atoms with Gasteiger partial charge in [0.1, 0.15) is 5.82 Å². The van der Waals surface area contributed by atoms with Crippen LogP contribution < -0.4 is 10.2 Å². The summed E-state index contributed by atoms with van der Waals surface area (Å²) in [7, 11) is 0. The number of carbonyl (C=O) groups excluding carboxylic acids is 1. The Balaban J connectivity index is 1.51. The van der Waals surface area contributed by atoms with Gasteiger partial charge in [0.15, 0.2) is 5.82 Å². The van der Waals surface area contributed by atoms with Gasteiger partial charge < -0.3 is 10.2 Å². The van der Waals surface area contributed by atoms with Crippen LogP contribution in [0.3, 0.4) is 0 Å². The van der Waals surface area contributed by atoms with Gasteiger partial charge in [0.05, 0.1) is 16.3 Å². The monoisotopic (exact) mass is 424 g/mol. The summed E-state index contributed by atoms with van der Waals surface area (Å²) >= 11 is 5.98. The van der Waals surface area contributed by atoms with Crippen molar-refractivity contribution in [3.8, 4) is 11.3 Å². The van der Waals surface area contributed by atoms with E-state index in [0.29, 0.717) is 11.4 Å². The van der Waals surface area contributed by atoms with Crippen LogP contribution in [-0.2, 0) is 0 Å². The lowest BCUT2D eigenvalue weighted by molar-refractivity contribution is 0.102. The van der Waals surface area contributed by atoms with Gasteiger partial charge in [-0.1, -0.05) is 42.6 Å². The van der Waals surface area contributed by atoms with Gasteiger partial charge in [-0.05, 0) is 49.2 Å². The number of hydrogen-bond donors (Lipinski definition) is 1. The predicted molar refractivity (Wildman–Crippen MR) is 118 cm³/mol. The SMILES string of the molecule is O=C(Nc1cccc(-c2ccc(N3CCCCCC3)nn2)c1)c1c(F)cccc1Cl. The summed E-state index contributed by atoms with van der Waals surface area (Å²) in [5.74, 6) is -0.372. The molecule has 1 N–H and O–H groups in total. The maximum Gasteiger partial charge on any atom is 0.260 e. The number of nitrogens with zero attached hydrogens (tertiary/aromatic N) is 3. The minimum Gasteiger partial charge on any atom is -0.355 e. The van der Waals surface area contributed by atoms with Crippen molar-refractivity contribution in [2.75, 3.05) is 23.3 Å². The van der Waals surface area contributed by atoms with Gasteiger partial charge in [-0.2, -0.15) is 0 Å². The molecular weight excluding hydrogens is 403 g/mol. The quantitative estimate of drug-likeness (QED) is 0.594. The molecule has 1 saturated heterocycles. The molecule has 30 heavy (non-hydrogen) atoms. The number of anilines is 2. The van der Waals surface area contributed by atoms with E-state index in [2.05, 4.69) is 20.4 Å². The molecule has 3 aromatic rings. The van der Waals surface area contributed by atoms with Gasteiger partial charge >= 0.3 is 0 Å². The number of halogens is 2. The first-order valence-corrected chi connectivity index (χ1v) is 10.4. The van der Waals surface area contributed by atoms with Crippen molar-refractivity contribution in [3.05, 3.63) is 71.0 Å². The normalized spacial score (nSPS) is 14.3. The maximum atomic E-state index is 14.0. The standard InChI is InChI=1S/C23H22ClFN4O/c24-18-9-6-10-19(25)22(18)23(30)26-17-8-5-7-16(15-17)20-11-12-21(28-27-20)29-13-3-1-2-4-14-29/h5-12,15H,1-4,13-14H2,(H,26,30). The molecule has 0 spiro atoms. The van der Waals surface area contributed by atoms with E-state index in [1.54, 1.807) is 18.2 Å². The van der Waals surface area contributed by atoms with Gasteiger partial charge in [-0.25, -0.2) is 4.39 Å². The molecule has 0 aliphatic carbocycles. The van der Waals surface area contributed by atoms with Crippen molar-refractivity contribution in [2.24, 2.45) is 0 Å². The van der Waals surface area contributed by atoms with Crippen LogP contribution in [0.4, 0.5) is 15.9 Å². The number of benzene rings is 2. The van der Waals surface area contributed by atoms with E-state index < -0.39 is 11.7 Å². The van der Waals surface area contributed by atoms with Gasteiger partial charge in [-0.15, -0.1) is 10.2 Å². The number of rotatable bonds is 4. The van der Waals surface area contributed by atoms with E-state index in [-0.39, 0.29) is 10.6 Å². The number of aromatic nitrogens is 2. The van der Waals surface area contributed by atoms with Gasteiger partial charge in [0.25, 0.3) is 5.91 Å². The highest BCUT2D eigenvalue weighted by atomic mass is 35.5. The molecule has 1 fully saturated rings. The van der Waals surface area contributed by atoms with Gasteiger partial charge in [0.2, 0.25) is 0 Å². The molecule has 154 valence electrons. The van der Waals surface area contributed by atoms with Crippen molar-refractivity contribution >= 4 is 29.0 Å². The Morgan fingerprint density at radius 3 is 2.43 bits per heavy atom. The van der Waals surface area contributed by atoms with Crippen LogP contribution in [0.5, 0.6) is 0 Å². The predicted octanol–water partition coefficient (Wildman–Crippen LogP) is 5.57. The van der Waals surface area contributed by atoms with E-state index in [0.717, 1.165) is 24.5 Å². The van der Waals surface area contributed by atoms with Crippen molar-refractivity contribution in [2.45, 2.75) is 25.7 Å². The average Bonchev–Trinajstić information content (AvgIpc) is 3.04. The molecule has 0 atom stereocenters. The minimum absolute atomic E-state index is 0.0682. The van der Waals surface area contributed by atoms with Crippen LogP contribution in [-0.4, -0.2) is 29.2 Å². The van der Waals surface area contributed by atoms with Gasteiger partial charge in [-0.3, -0.25) is 4.79 Å². The summed E-state index contributed by atoms with van der Waals surface area (Å²) in [6, 6.07) is 15.3. The first-order chi connectivity index (χ1) is 14.6. The fourth-order valence-corrected chi connectivity index (χ4v) is 3.86. The Bertz CT molecular complexity index is 1010. The second-order valence-electron chi connectivity index (χ2n) is 7.31. The first-order valence-electron chi connectivity index (χ1n) is 10.1. The third-order valence-electron chi connectivity index (χ3n) is 5.19. The lowest BCUT2D eigenvalue weighted by Gasteiger charge is -2.20. The third kappa shape index (κ3) is 4.60. The third-order valence-corrected chi connectivity index (χ3v) is 5.50. The lowest BCUT2D eigenvalue weighted by Crippen LogP contribution is -2.25. The largest absolute Gasteiger partial charge is 0.355 e. The van der Waals surface area contributed by atoms with Crippen LogP contribution in [0.15, 0.2) is 54.6 Å². The average molecular weight is 425 g/mol. The zero-order chi connectivity index (χ0) is 20.9. The summed E-state index contributed by atoms with van der Waals surface area (Å²) in [5, 5.41) is 11.5. The summed E-state index contributed by atoms with van der Waals surface area (Å²) < 4.78 is 14.0. The maximum absolute atomic E-state index is 14.0. The van der Waals surface area contributed by atoms with Crippen molar-refractivity contribution < 1.29 is 9.18 Å². The molecule has 2 aromatic carbocycles. The van der Waals surface area contributed by atoms with Crippen molar-refractivity contribution in [1.82, 2.24) is 10.2 Å². The zero-order valence-electron chi connectivity index (χ0n) is 16.4. The second-order valence-corrected chi connectivity index (χ2v) is 7.72. The molecule has 0 radical (unpaired) electrons. The molecule has 7 heteroatoms. The smallest absolute Gasteiger partial charge is 0.260 e. The number of hydrogen-bond acceptors (Lipinski definition) is 4. The van der Waals surface area contributed by atoms with E-state index in [4.69, 9.17) is 11.6 Å². The van der Waals surface area contributed by atoms with E-state index in [1.165, 1.54) is 43.9 Å². The molecule has 1 amide bonds. The summed E-state index contributed by atoms with van der Waals surface area (Å²) in [6.45, 7) is 2.02. The molecule has 1 aromatic heterocycles. The minimum atomic E-state index is -0.661. The van der Waals surface area contributed by atoms with Crippen LogP contribution in [0.1, 0.15) is 36.0 Å². The fraction of sp³-hybridized carbons (Fsp3) is 0.261. The number of nitrogens with one attached hydrogen (secondary N) is 1. The highest BCUT2D eigenvalue weighted by molar-refractivity contribution is 6.34. The second kappa shape index (κ2) is 9.22. The highest BCUT2D eigenvalue weighted by Crippen LogP contribution is 2.25. The molecule has 4 rings (SSSR count). The molecule has 0 unspecified atom stereocenters. The zero-order valence-corrected chi connectivity index (χ0v) is 17.2. The van der Waals surface area contributed by atoms with Crippen LogP contribution in [0.2, 0.25) is 5.02 Å². The van der Waals surface area contributed by atoms with E-state index >= 15 is 0 Å². The number of carbonyl (C=O) groups is 1. The van der Waals surface area contributed by atoms with Crippen LogP contribution in [0.25, 0.3) is 11.3 Å². The summed E-state index contributed by atoms with van der Waals surface area (Å²) in [5.41, 5.74) is 1.86. The van der Waals surface area contributed by atoms with E-state index in [1.807, 2.05) is 18.2 Å². The van der Waals surface area contributed by atoms with Crippen molar-refractivity contribution in [1.29, 1.82) is 0 Å². The van der Waals surface area contributed by atoms with Gasteiger partial charge in [0, 0.05) is 24.3 Å². The Morgan fingerprint density at radius 2 is 1.73 bits per heavy atom.